The number of H-pyrrole nitrogens is 1. The molecule has 0 aliphatic carbocycles. The third-order valence-electron chi connectivity index (χ3n) is 3.19. The van der Waals surface area contributed by atoms with Crippen molar-refractivity contribution in [1.82, 2.24) is 14.5 Å². The molecule has 3 aromatic rings. The van der Waals surface area contributed by atoms with Crippen LogP contribution in [-0.2, 0) is 4.79 Å². The third kappa shape index (κ3) is 3.17. The number of halogens is 1. The van der Waals surface area contributed by atoms with Crippen LogP contribution in [0.25, 0.3) is 17.1 Å². The maximum absolute atomic E-state index is 12.3. The van der Waals surface area contributed by atoms with E-state index in [0.29, 0.717) is 22.8 Å². The van der Waals surface area contributed by atoms with Crippen LogP contribution in [0.15, 0.2) is 53.7 Å². The van der Waals surface area contributed by atoms with Gasteiger partial charge in [-0.25, -0.2) is 4.98 Å². The second-order valence-electron chi connectivity index (χ2n) is 4.92. The number of amides is 1. The Hall–Kier alpha value is -2.86. The lowest BCUT2D eigenvalue weighted by Crippen LogP contribution is -2.18. The number of aromatic amines is 1. The highest BCUT2D eigenvalue weighted by Crippen LogP contribution is 2.20. The molecule has 0 aliphatic heterocycles. The van der Waals surface area contributed by atoms with Gasteiger partial charge in [0.05, 0.1) is 5.69 Å². The molecule has 116 valence electrons. The number of benzene rings is 1. The van der Waals surface area contributed by atoms with Gasteiger partial charge in [-0.3, -0.25) is 14.2 Å². The number of imidazole rings is 1. The number of anilines is 1. The van der Waals surface area contributed by atoms with Crippen LogP contribution in [0.5, 0.6) is 0 Å². The summed E-state index contributed by atoms with van der Waals surface area (Å²) in [4.78, 5) is 30.7. The van der Waals surface area contributed by atoms with Crippen LogP contribution in [0.4, 0.5) is 5.69 Å². The van der Waals surface area contributed by atoms with E-state index in [9.17, 15) is 9.59 Å². The normalized spacial score (nSPS) is 10.5. The average Bonchev–Trinajstić information content (AvgIpc) is 3.04. The molecule has 6 nitrogen and oxygen atoms in total. The summed E-state index contributed by atoms with van der Waals surface area (Å²) in [5, 5.41) is 2.77. The molecule has 2 N–H and O–H groups in total. The van der Waals surface area contributed by atoms with Gasteiger partial charge in [0.25, 0.3) is 5.56 Å². The van der Waals surface area contributed by atoms with E-state index >= 15 is 0 Å². The summed E-state index contributed by atoms with van der Waals surface area (Å²) in [6.07, 6.45) is 4.96. The van der Waals surface area contributed by atoms with Crippen LogP contribution in [0.2, 0.25) is 5.02 Å². The number of aromatic nitrogens is 3. The zero-order chi connectivity index (χ0) is 16.4. The first-order valence-electron chi connectivity index (χ1n) is 6.84. The van der Waals surface area contributed by atoms with Crippen molar-refractivity contribution in [1.29, 1.82) is 0 Å². The van der Waals surface area contributed by atoms with E-state index in [1.807, 2.05) is 0 Å². The second-order valence-corrected chi connectivity index (χ2v) is 5.33. The Kier molecular flexibility index (Phi) is 3.99. The van der Waals surface area contributed by atoms with Crippen LogP contribution in [-0.4, -0.2) is 20.4 Å². The van der Waals surface area contributed by atoms with Crippen LogP contribution in [0.3, 0.4) is 0 Å². The zero-order valence-electron chi connectivity index (χ0n) is 12.2. The van der Waals surface area contributed by atoms with Crippen LogP contribution in [0.1, 0.15) is 6.92 Å². The topological polar surface area (TPSA) is 79.8 Å². The van der Waals surface area contributed by atoms with Crippen molar-refractivity contribution >= 4 is 23.2 Å². The molecule has 0 unspecified atom stereocenters. The number of rotatable bonds is 3. The van der Waals surface area contributed by atoms with E-state index in [1.54, 1.807) is 48.9 Å². The first kappa shape index (κ1) is 15.1. The molecular weight excluding hydrogens is 316 g/mol. The first-order chi connectivity index (χ1) is 11.0. The molecule has 7 heteroatoms. The SMILES string of the molecule is CC(=O)Nc1cccc(-n2cc(-c3ncc[nH]3)cc(Cl)c2=O)c1. The van der Waals surface area contributed by atoms with Gasteiger partial charge >= 0.3 is 0 Å². The lowest BCUT2D eigenvalue weighted by molar-refractivity contribution is -0.114. The summed E-state index contributed by atoms with van der Waals surface area (Å²) < 4.78 is 1.42. The summed E-state index contributed by atoms with van der Waals surface area (Å²) in [5.41, 5.74) is 1.53. The summed E-state index contributed by atoms with van der Waals surface area (Å²) in [6.45, 7) is 1.42. The molecule has 2 aromatic heterocycles. The standard InChI is InChI=1S/C16H13ClN4O2/c1-10(22)20-12-3-2-4-13(8-12)21-9-11(7-14(17)16(21)23)15-18-5-6-19-15/h2-9H,1H3,(H,18,19)(H,20,22). The minimum Gasteiger partial charge on any atom is -0.345 e. The van der Waals surface area contributed by atoms with Crippen molar-refractivity contribution in [3.8, 4) is 17.1 Å². The molecule has 0 radical (unpaired) electrons. The van der Waals surface area contributed by atoms with Crippen molar-refractivity contribution in [3.63, 3.8) is 0 Å². The fraction of sp³-hybridized carbons (Fsp3) is 0.0625. The molecule has 2 heterocycles. The predicted octanol–water partition coefficient (Wildman–Crippen LogP) is 2.84. The number of hydrogen-bond acceptors (Lipinski definition) is 3. The number of carbonyl (C=O) groups excluding carboxylic acids is 1. The number of hydrogen-bond donors (Lipinski definition) is 2. The largest absolute Gasteiger partial charge is 0.345 e. The average molecular weight is 329 g/mol. The van der Waals surface area contributed by atoms with Crippen molar-refractivity contribution in [3.05, 3.63) is 64.3 Å². The molecule has 0 spiro atoms. The van der Waals surface area contributed by atoms with Gasteiger partial charge in [-0.15, -0.1) is 0 Å². The lowest BCUT2D eigenvalue weighted by Gasteiger charge is -2.10. The maximum atomic E-state index is 12.3. The molecule has 0 saturated heterocycles. The minimum absolute atomic E-state index is 0.0869. The number of pyridine rings is 1. The van der Waals surface area contributed by atoms with E-state index in [2.05, 4.69) is 15.3 Å². The van der Waals surface area contributed by atoms with E-state index in [4.69, 9.17) is 11.6 Å². The van der Waals surface area contributed by atoms with Gasteiger partial charge in [-0.2, -0.15) is 0 Å². The highest BCUT2D eigenvalue weighted by atomic mass is 35.5. The van der Waals surface area contributed by atoms with Gasteiger partial charge < -0.3 is 10.3 Å². The smallest absolute Gasteiger partial charge is 0.273 e. The molecule has 0 fully saturated rings. The number of nitrogens with zero attached hydrogens (tertiary/aromatic N) is 2. The molecule has 3 rings (SSSR count). The molecule has 0 saturated carbocycles. The molecular formula is C16H13ClN4O2. The van der Waals surface area contributed by atoms with Gasteiger partial charge in [0, 0.05) is 36.8 Å². The van der Waals surface area contributed by atoms with E-state index in [0.717, 1.165) is 0 Å². The van der Waals surface area contributed by atoms with Gasteiger partial charge in [-0.1, -0.05) is 17.7 Å². The molecule has 1 aromatic carbocycles. The van der Waals surface area contributed by atoms with Crippen LogP contribution >= 0.6 is 11.6 Å². The van der Waals surface area contributed by atoms with Gasteiger partial charge in [0.1, 0.15) is 10.8 Å². The van der Waals surface area contributed by atoms with Crippen molar-refractivity contribution in [2.75, 3.05) is 5.32 Å². The predicted molar refractivity (Wildman–Crippen MR) is 88.9 cm³/mol. The monoisotopic (exact) mass is 328 g/mol. The first-order valence-corrected chi connectivity index (χ1v) is 7.22. The van der Waals surface area contributed by atoms with Crippen molar-refractivity contribution < 1.29 is 4.79 Å². The number of carbonyl (C=O) groups is 1. The second kappa shape index (κ2) is 6.10. The van der Waals surface area contributed by atoms with E-state index in [1.165, 1.54) is 11.5 Å². The van der Waals surface area contributed by atoms with Gasteiger partial charge in [0.15, 0.2) is 0 Å². The molecule has 23 heavy (non-hydrogen) atoms. The fourth-order valence-electron chi connectivity index (χ4n) is 2.23. The Morgan fingerprint density at radius 1 is 1.35 bits per heavy atom. The molecule has 1 amide bonds. The number of nitrogens with one attached hydrogen (secondary N) is 2. The fourth-order valence-corrected chi connectivity index (χ4v) is 2.44. The summed E-state index contributed by atoms with van der Waals surface area (Å²) in [6, 6.07) is 8.52. The van der Waals surface area contributed by atoms with Crippen LogP contribution in [0, 0.1) is 0 Å². The van der Waals surface area contributed by atoms with Crippen molar-refractivity contribution in [2.24, 2.45) is 0 Å². The maximum Gasteiger partial charge on any atom is 0.273 e. The Labute approximate surface area is 136 Å². The molecule has 0 atom stereocenters. The van der Waals surface area contributed by atoms with Gasteiger partial charge in [-0.05, 0) is 24.3 Å². The third-order valence-corrected chi connectivity index (χ3v) is 3.46. The minimum atomic E-state index is -0.345. The molecule has 0 bridgehead atoms. The summed E-state index contributed by atoms with van der Waals surface area (Å²) in [7, 11) is 0. The molecule has 0 aliphatic rings. The quantitative estimate of drug-likeness (QED) is 0.776. The Morgan fingerprint density at radius 2 is 2.17 bits per heavy atom. The zero-order valence-corrected chi connectivity index (χ0v) is 13.0. The Morgan fingerprint density at radius 3 is 2.87 bits per heavy atom. The van der Waals surface area contributed by atoms with Gasteiger partial charge in [0.2, 0.25) is 5.91 Å². The Bertz CT molecular complexity index is 916. The summed E-state index contributed by atoms with van der Waals surface area (Å²) in [5.74, 6) is 0.426. The summed E-state index contributed by atoms with van der Waals surface area (Å²) >= 11 is 6.07. The van der Waals surface area contributed by atoms with E-state index < -0.39 is 0 Å². The lowest BCUT2D eigenvalue weighted by atomic mass is 10.2. The van der Waals surface area contributed by atoms with Crippen molar-refractivity contribution in [2.45, 2.75) is 6.92 Å². The highest BCUT2D eigenvalue weighted by Gasteiger charge is 2.10. The van der Waals surface area contributed by atoms with Crippen LogP contribution < -0.4 is 10.9 Å². The van der Waals surface area contributed by atoms with E-state index in [-0.39, 0.29) is 16.5 Å². The Balaban J connectivity index is 2.12. The highest BCUT2D eigenvalue weighted by molar-refractivity contribution is 6.30.